The molecule has 1 unspecified atom stereocenters. The monoisotopic (exact) mass is 409 g/mol. The van der Waals surface area contributed by atoms with Crippen LogP contribution >= 0.6 is 24.0 Å². The van der Waals surface area contributed by atoms with Crippen LogP contribution < -0.4 is 4.74 Å². The van der Waals surface area contributed by atoms with Gasteiger partial charge in [-0.3, -0.25) is 14.5 Å². The predicted molar refractivity (Wildman–Crippen MR) is 106 cm³/mol. The first kappa shape index (κ1) is 20.9. The minimum atomic E-state index is -1.04. The maximum Gasteiger partial charge on any atom is 0.344 e. The van der Waals surface area contributed by atoms with E-state index >= 15 is 0 Å². The molecule has 7 nitrogen and oxygen atoms in total. The Balaban J connectivity index is 2.11. The minimum Gasteiger partial charge on any atom is -0.481 e. The summed E-state index contributed by atoms with van der Waals surface area (Å²) in [5, 5.41) is 17.8. The Morgan fingerprint density at radius 2 is 2.11 bits per heavy atom. The molecule has 0 aliphatic carbocycles. The normalized spacial score (nSPS) is 16.6. The molecule has 1 aliphatic rings. The molecule has 1 saturated heterocycles. The van der Waals surface area contributed by atoms with Gasteiger partial charge in [0.2, 0.25) is 0 Å². The van der Waals surface area contributed by atoms with Gasteiger partial charge < -0.3 is 14.9 Å². The van der Waals surface area contributed by atoms with Crippen LogP contribution in [-0.2, 0) is 14.4 Å². The molecular weight excluding hydrogens is 390 g/mol. The number of nitrogens with zero attached hydrogens (tertiary/aromatic N) is 1. The molecule has 9 heteroatoms. The number of thioether (sulfide) groups is 1. The highest BCUT2D eigenvalue weighted by Gasteiger charge is 2.31. The molecule has 0 saturated carbocycles. The highest BCUT2D eigenvalue weighted by atomic mass is 32.2. The number of hydrogen-bond donors (Lipinski definition) is 2. The minimum absolute atomic E-state index is 0.0301. The number of benzene rings is 1. The average Bonchev–Trinajstić information content (AvgIpc) is 2.87. The fourth-order valence-corrected chi connectivity index (χ4v) is 3.69. The standard InChI is InChI=1S/C18H19NO6S2/c1-2-13(17(23)24)25-12-6-3-5-11(9-12)10-14-16(22)19(18(26)27-14)8-4-7-15(20)21/h3,5-6,9-10,13H,2,4,7-8H2,1H3,(H,20,21)(H,23,24)/b14-10-. The van der Waals surface area contributed by atoms with Gasteiger partial charge >= 0.3 is 11.9 Å². The van der Waals surface area contributed by atoms with Crippen molar-refractivity contribution in [2.45, 2.75) is 32.3 Å². The third-order valence-corrected chi connectivity index (χ3v) is 5.10. The van der Waals surface area contributed by atoms with E-state index < -0.39 is 18.0 Å². The number of carbonyl (C=O) groups is 3. The summed E-state index contributed by atoms with van der Waals surface area (Å²) in [6.45, 7) is 1.98. The van der Waals surface area contributed by atoms with Crippen LogP contribution in [0.1, 0.15) is 31.7 Å². The zero-order chi connectivity index (χ0) is 20.0. The second-order valence-electron chi connectivity index (χ2n) is 5.76. The van der Waals surface area contributed by atoms with Gasteiger partial charge in [0.15, 0.2) is 6.10 Å². The summed E-state index contributed by atoms with van der Waals surface area (Å²) in [6.07, 6.45) is 1.34. The van der Waals surface area contributed by atoms with E-state index in [1.54, 1.807) is 37.3 Å². The number of carbonyl (C=O) groups excluding carboxylic acids is 1. The van der Waals surface area contributed by atoms with E-state index in [4.69, 9.17) is 27.2 Å². The van der Waals surface area contributed by atoms with Crippen molar-refractivity contribution in [1.82, 2.24) is 4.90 Å². The smallest absolute Gasteiger partial charge is 0.344 e. The fourth-order valence-electron chi connectivity index (χ4n) is 2.38. The quantitative estimate of drug-likeness (QED) is 0.474. The molecule has 2 N–H and O–H groups in total. The Hall–Kier alpha value is -2.39. The largest absolute Gasteiger partial charge is 0.481 e. The number of aliphatic carboxylic acids is 2. The molecule has 1 aromatic rings. The molecule has 1 heterocycles. The van der Waals surface area contributed by atoms with Gasteiger partial charge in [0.25, 0.3) is 5.91 Å². The van der Waals surface area contributed by atoms with Crippen LogP contribution in [0.25, 0.3) is 6.08 Å². The van der Waals surface area contributed by atoms with Crippen molar-refractivity contribution in [2.75, 3.05) is 6.54 Å². The number of hydrogen-bond acceptors (Lipinski definition) is 6. The van der Waals surface area contributed by atoms with Crippen molar-refractivity contribution < 1.29 is 29.3 Å². The van der Waals surface area contributed by atoms with E-state index in [1.807, 2.05) is 0 Å². The lowest BCUT2D eigenvalue weighted by atomic mass is 10.2. The lowest BCUT2D eigenvalue weighted by Crippen LogP contribution is -2.29. The van der Waals surface area contributed by atoms with Crippen LogP contribution in [0.2, 0.25) is 0 Å². The molecule has 0 aromatic heterocycles. The lowest BCUT2D eigenvalue weighted by Gasteiger charge is -2.13. The van der Waals surface area contributed by atoms with E-state index in [0.29, 0.717) is 33.4 Å². The van der Waals surface area contributed by atoms with E-state index in [1.165, 1.54) is 4.90 Å². The lowest BCUT2D eigenvalue weighted by molar-refractivity contribution is -0.145. The van der Waals surface area contributed by atoms with Gasteiger partial charge in [-0.25, -0.2) is 4.79 Å². The van der Waals surface area contributed by atoms with Gasteiger partial charge in [0, 0.05) is 13.0 Å². The number of carboxylic acid groups (broad SMARTS) is 2. The first-order valence-corrected chi connectivity index (χ1v) is 9.51. The highest BCUT2D eigenvalue weighted by Crippen LogP contribution is 2.33. The van der Waals surface area contributed by atoms with Crippen molar-refractivity contribution in [3.8, 4) is 5.75 Å². The number of amides is 1. The number of thiocarbonyl (C=S) groups is 1. The Bertz CT molecular complexity index is 792. The summed E-state index contributed by atoms with van der Waals surface area (Å²) in [5.41, 5.74) is 0.679. The first-order chi connectivity index (χ1) is 12.8. The van der Waals surface area contributed by atoms with Crippen LogP contribution in [0.3, 0.4) is 0 Å². The molecule has 1 fully saturated rings. The highest BCUT2D eigenvalue weighted by molar-refractivity contribution is 8.26. The van der Waals surface area contributed by atoms with Gasteiger partial charge in [-0.2, -0.15) is 0 Å². The third-order valence-electron chi connectivity index (χ3n) is 3.73. The van der Waals surface area contributed by atoms with E-state index in [-0.39, 0.29) is 18.9 Å². The van der Waals surface area contributed by atoms with Crippen LogP contribution in [0, 0.1) is 0 Å². The van der Waals surface area contributed by atoms with E-state index in [0.717, 1.165) is 11.8 Å². The molecule has 1 aliphatic heterocycles. The topological polar surface area (TPSA) is 104 Å². The van der Waals surface area contributed by atoms with Crippen LogP contribution in [0.15, 0.2) is 29.2 Å². The van der Waals surface area contributed by atoms with Gasteiger partial charge in [0.05, 0.1) is 4.91 Å². The second kappa shape index (κ2) is 9.52. The van der Waals surface area contributed by atoms with Crippen molar-refractivity contribution >= 4 is 52.2 Å². The van der Waals surface area contributed by atoms with Crippen molar-refractivity contribution in [2.24, 2.45) is 0 Å². The maximum absolute atomic E-state index is 12.5. The summed E-state index contributed by atoms with van der Waals surface area (Å²) in [4.78, 5) is 36.0. The molecule has 0 bridgehead atoms. The predicted octanol–water partition coefficient (Wildman–Crippen LogP) is 2.99. The zero-order valence-corrected chi connectivity index (χ0v) is 16.2. The summed E-state index contributed by atoms with van der Waals surface area (Å²) in [6, 6.07) is 6.79. The summed E-state index contributed by atoms with van der Waals surface area (Å²) in [5.74, 6) is -1.82. The zero-order valence-electron chi connectivity index (χ0n) is 14.6. The molecule has 1 aromatic carbocycles. The Morgan fingerprint density at radius 1 is 1.37 bits per heavy atom. The molecule has 27 heavy (non-hydrogen) atoms. The molecule has 0 radical (unpaired) electrons. The molecular formula is C18H19NO6S2. The molecule has 0 spiro atoms. The number of rotatable bonds is 9. The summed E-state index contributed by atoms with van der Waals surface area (Å²) >= 11 is 6.36. The van der Waals surface area contributed by atoms with E-state index in [9.17, 15) is 14.4 Å². The number of ether oxygens (including phenoxy) is 1. The van der Waals surface area contributed by atoms with Crippen molar-refractivity contribution in [1.29, 1.82) is 0 Å². The van der Waals surface area contributed by atoms with Crippen molar-refractivity contribution in [3.05, 3.63) is 34.7 Å². The van der Waals surface area contributed by atoms with Gasteiger partial charge in [-0.1, -0.05) is 43.0 Å². The Morgan fingerprint density at radius 3 is 2.74 bits per heavy atom. The number of carboxylic acids is 2. The summed E-state index contributed by atoms with van der Waals surface area (Å²) in [7, 11) is 0. The van der Waals surface area contributed by atoms with Crippen molar-refractivity contribution in [3.63, 3.8) is 0 Å². The Labute approximate surface area is 166 Å². The van der Waals surface area contributed by atoms with Crippen LogP contribution in [0.5, 0.6) is 5.75 Å². The molecule has 144 valence electrons. The van der Waals surface area contributed by atoms with Crippen LogP contribution in [0.4, 0.5) is 0 Å². The van der Waals surface area contributed by atoms with E-state index in [2.05, 4.69) is 0 Å². The fraction of sp³-hybridized carbons (Fsp3) is 0.333. The van der Waals surface area contributed by atoms with Gasteiger partial charge in [-0.05, 0) is 36.6 Å². The Kier molecular flexibility index (Phi) is 7.37. The average molecular weight is 409 g/mol. The SMILES string of the molecule is CCC(Oc1cccc(/C=C2\SC(=S)N(CCCC(=O)O)C2=O)c1)C(=O)O. The van der Waals surface area contributed by atoms with Crippen LogP contribution in [-0.4, -0.2) is 49.9 Å². The maximum atomic E-state index is 12.5. The molecule has 1 amide bonds. The third kappa shape index (κ3) is 5.80. The molecule has 1 atom stereocenters. The van der Waals surface area contributed by atoms with Gasteiger partial charge in [0.1, 0.15) is 10.1 Å². The molecule has 2 rings (SSSR count). The first-order valence-electron chi connectivity index (χ1n) is 8.28. The second-order valence-corrected chi connectivity index (χ2v) is 7.43. The summed E-state index contributed by atoms with van der Waals surface area (Å²) < 4.78 is 5.85. The van der Waals surface area contributed by atoms with Gasteiger partial charge in [-0.15, -0.1) is 0 Å².